The highest BCUT2D eigenvalue weighted by molar-refractivity contribution is 6.42. The van der Waals surface area contributed by atoms with Gasteiger partial charge in [-0.1, -0.05) is 23.2 Å². The van der Waals surface area contributed by atoms with Crippen LogP contribution in [0.4, 0.5) is 0 Å². The zero-order valence-electron chi connectivity index (χ0n) is 12.5. The van der Waals surface area contributed by atoms with E-state index in [2.05, 4.69) is 5.10 Å². The van der Waals surface area contributed by atoms with E-state index >= 15 is 0 Å². The molecule has 0 saturated carbocycles. The number of aryl methyl sites for hydroxylation is 1. The highest BCUT2D eigenvalue weighted by atomic mass is 35.5. The number of halogens is 2. The van der Waals surface area contributed by atoms with Gasteiger partial charge in [0.25, 0.3) is 0 Å². The number of methoxy groups -OCH3 is 1. The van der Waals surface area contributed by atoms with Crippen molar-refractivity contribution < 1.29 is 4.74 Å². The van der Waals surface area contributed by atoms with Gasteiger partial charge in [0, 0.05) is 25.1 Å². The monoisotopic (exact) mass is 341 g/mol. The Hall–Kier alpha value is -1.46. The number of fused-ring (bicyclic) bond motifs is 1. The molecule has 1 atom stereocenters. The molecule has 0 saturated heterocycles. The lowest BCUT2D eigenvalue weighted by Crippen LogP contribution is -2.28. The standard InChI is InChI=1S/C15H17Cl2N3O2/c1-3-20-15(21)19-7-6-9(8-12(19)18-20)13-11(22-2)5-4-10(16)14(13)17/h4-5,9H,3,6-8H2,1-2H3. The van der Waals surface area contributed by atoms with Crippen LogP contribution in [0.15, 0.2) is 16.9 Å². The molecule has 2 heterocycles. The molecule has 0 bridgehead atoms. The molecule has 5 nitrogen and oxygen atoms in total. The van der Waals surface area contributed by atoms with E-state index in [1.807, 2.05) is 13.0 Å². The smallest absolute Gasteiger partial charge is 0.345 e. The third kappa shape index (κ3) is 2.42. The largest absolute Gasteiger partial charge is 0.496 e. The molecule has 0 amide bonds. The second kappa shape index (κ2) is 5.97. The Kier molecular flexibility index (Phi) is 4.19. The van der Waals surface area contributed by atoms with Crippen molar-refractivity contribution in [3.8, 4) is 5.75 Å². The van der Waals surface area contributed by atoms with Crippen LogP contribution in [-0.4, -0.2) is 21.5 Å². The molecular formula is C15H17Cl2N3O2. The van der Waals surface area contributed by atoms with Crippen molar-refractivity contribution >= 4 is 23.2 Å². The molecular weight excluding hydrogens is 325 g/mol. The number of rotatable bonds is 3. The first kappa shape index (κ1) is 15.4. The first-order chi connectivity index (χ1) is 10.6. The maximum Gasteiger partial charge on any atom is 0.345 e. The number of hydrogen-bond acceptors (Lipinski definition) is 3. The van der Waals surface area contributed by atoms with Gasteiger partial charge < -0.3 is 4.74 Å². The van der Waals surface area contributed by atoms with E-state index < -0.39 is 0 Å². The summed E-state index contributed by atoms with van der Waals surface area (Å²) in [5.41, 5.74) is 0.863. The molecule has 118 valence electrons. The van der Waals surface area contributed by atoms with Crippen LogP contribution in [0.2, 0.25) is 10.0 Å². The second-order valence-corrected chi connectivity index (χ2v) is 6.12. The summed E-state index contributed by atoms with van der Waals surface area (Å²) in [6.07, 6.45) is 1.46. The maximum atomic E-state index is 12.1. The normalized spacial score (nSPS) is 17.4. The molecule has 1 aliphatic rings. The summed E-state index contributed by atoms with van der Waals surface area (Å²) in [6, 6.07) is 3.56. The van der Waals surface area contributed by atoms with Crippen LogP contribution in [0.25, 0.3) is 0 Å². The Labute approximate surface area is 138 Å². The van der Waals surface area contributed by atoms with E-state index in [4.69, 9.17) is 27.9 Å². The van der Waals surface area contributed by atoms with E-state index in [-0.39, 0.29) is 11.6 Å². The third-order valence-corrected chi connectivity index (χ3v) is 4.97. The van der Waals surface area contributed by atoms with Gasteiger partial charge in [-0.2, -0.15) is 5.10 Å². The Balaban J connectivity index is 2.02. The lowest BCUT2D eigenvalue weighted by Gasteiger charge is -2.25. The Bertz CT molecular complexity index is 767. The topological polar surface area (TPSA) is 49.0 Å². The maximum absolute atomic E-state index is 12.1. The lowest BCUT2D eigenvalue weighted by molar-refractivity contribution is 0.392. The van der Waals surface area contributed by atoms with Crippen LogP contribution >= 0.6 is 23.2 Å². The van der Waals surface area contributed by atoms with Crippen molar-refractivity contribution in [1.82, 2.24) is 14.3 Å². The molecule has 22 heavy (non-hydrogen) atoms. The van der Waals surface area contributed by atoms with Crippen molar-refractivity contribution in [3.05, 3.63) is 44.1 Å². The van der Waals surface area contributed by atoms with Gasteiger partial charge in [0.1, 0.15) is 11.6 Å². The van der Waals surface area contributed by atoms with Gasteiger partial charge in [-0.3, -0.25) is 4.57 Å². The average molecular weight is 342 g/mol. The van der Waals surface area contributed by atoms with Gasteiger partial charge in [-0.15, -0.1) is 0 Å². The molecule has 1 unspecified atom stereocenters. The molecule has 0 N–H and O–H groups in total. The minimum Gasteiger partial charge on any atom is -0.496 e. The molecule has 0 aliphatic carbocycles. The number of benzene rings is 1. The Morgan fingerprint density at radius 3 is 2.86 bits per heavy atom. The molecule has 7 heteroatoms. The molecule has 0 radical (unpaired) electrons. The summed E-state index contributed by atoms with van der Waals surface area (Å²) in [7, 11) is 1.62. The highest BCUT2D eigenvalue weighted by Crippen LogP contribution is 2.41. The summed E-state index contributed by atoms with van der Waals surface area (Å²) in [5, 5.41) is 5.44. The number of aromatic nitrogens is 3. The Morgan fingerprint density at radius 2 is 2.18 bits per heavy atom. The van der Waals surface area contributed by atoms with Crippen LogP contribution in [0, 0.1) is 0 Å². The summed E-state index contributed by atoms with van der Waals surface area (Å²) >= 11 is 12.5. The van der Waals surface area contributed by atoms with Crippen molar-refractivity contribution in [1.29, 1.82) is 0 Å². The predicted molar refractivity (Wildman–Crippen MR) is 86.2 cm³/mol. The van der Waals surface area contributed by atoms with Crippen LogP contribution in [0.1, 0.15) is 30.7 Å². The molecule has 1 aliphatic heterocycles. The molecule has 3 rings (SSSR count). The minimum atomic E-state index is -0.0416. The van der Waals surface area contributed by atoms with E-state index in [0.717, 1.165) is 23.6 Å². The first-order valence-electron chi connectivity index (χ1n) is 7.25. The van der Waals surface area contributed by atoms with Gasteiger partial charge in [0.15, 0.2) is 0 Å². The zero-order valence-corrected chi connectivity index (χ0v) is 14.0. The van der Waals surface area contributed by atoms with Crippen LogP contribution < -0.4 is 10.4 Å². The van der Waals surface area contributed by atoms with Gasteiger partial charge in [-0.05, 0) is 31.4 Å². The van der Waals surface area contributed by atoms with Crippen LogP contribution in [0.5, 0.6) is 5.75 Å². The number of hydrogen-bond donors (Lipinski definition) is 0. The summed E-state index contributed by atoms with van der Waals surface area (Å²) in [6.45, 7) is 3.12. The first-order valence-corrected chi connectivity index (χ1v) is 8.00. The summed E-state index contributed by atoms with van der Waals surface area (Å²) in [4.78, 5) is 12.1. The minimum absolute atomic E-state index is 0.0416. The van der Waals surface area contributed by atoms with Crippen molar-refractivity contribution in [2.45, 2.75) is 38.8 Å². The van der Waals surface area contributed by atoms with E-state index in [0.29, 0.717) is 29.6 Å². The molecule has 2 aromatic rings. The Morgan fingerprint density at radius 1 is 1.41 bits per heavy atom. The SMILES string of the molecule is CCn1nc2n(c1=O)CCC(c1c(OC)ccc(Cl)c1Cl)C2. The molecule has 0 fully saturated rings. The van der Waals surface area contributed by atoms with E-state index in [1.165, 1.54) is 4.68 Å². The zero-order chi connectivity index (χ0) is 15.9. The van der Waals surface area contributed by atoms with Crippen molar-refractivity contribution in [3.63, 3.8) is 0 Å². The van der Waals surface area contributed by atoms with Gasteiger partial charge in [0.2, 0.25) is 0 Å². The predicted octanol–water partition coefficient (Wildman–Crippen LogP) is 3.11. The lowest BCUT2D eigenvalue weighted by atomic mass is 9.89. The van der Waals surface area contributed by atoms with Crippen molar-refractivity contribution in [2.24, 2.45) is 0 Å². The van der Waals surface area contributed by atoms with Crippen LogP contribution in [0.3, 0.4) is 0 Å². The fourth-order valence-corrected chi connectivity index (χ4v) is 3.50. The fraction of sp³-hybridized carbons (Fsp3) is 0.467. The fourth-order valence-electron chi connectivity index (χ4n) is 3.03. The molecule has 1 aromatic heterocycles. The van der Waals surface area contributed by atoms with Gasteiger partial charge in [-0.25, -0.2) is 9.48 Å². The number of ether oxygens (including phenoxy) is 1. The van der Waals surface area contributed by atoms with E-state index in [9.17, 15) is 4.79 Å². The third-order valence-electron chi connectivity index (χ3n) is 4.15. The quantitative estimate of drug-likeness (QED) is 0.861. The second-order valence-electron chi connectivity index (χ2n) is 5.33. The average Bonchev–Trinajstić information content (AvgIpc) is 2.85. The van der Waals surface area contributed by atoms with Crippen LogP contribution in [-0.2, 0) is 19.5 Å². The van der Waals surface area contributed by atoms with E-state index in [1.54, 1.807) is 17.7 Å². The van der Waals surface area contributed by atoms with Crippen molar-refractivity contribution in [2.75, 3.05) is 7.11 Å². The molecule has 0 spiro atoms. The summed E-state index contributed by atoms with van der Waals surface area (Å²) < 4.78 is 8.67. The van der Waals surface area contributed by atoms with Gasteiger partial charge in [0.05, 0.1) is 17.2 Å². The van der Waals surface area contributed by atoms with Gasteiger partial charge >= 0.3 is 5.69 Å². The highest BCUT2D eigenvalue weighted by Gasteiger charge is 2.28. The molecule has 1 aromatic carbocycles. The number of nitrogens with zero attached hydrogens (tertiary/aromatic N) is 3. The summed E-state index contributed by atoms with van der Waals surface area (Å²) in [5.74, 6) is 1.66.